The number of nitrogens with zero attached hydrogens (tertiary/aromatic N) is 4. The molecule has 1 amide bonds. The Morgan fingerprint density at radius 2 is 2.08 bits per heavy atom. The maximum Gasteiger partial charge on any atom is 0.326 e. The molecule has 2 rings (SSSR count). The van der Waals surface area contributed by atoms with Crippen molar-refractivity contribution in [3.05, 3.63) is 21.5 Å². The van der Waals surface area contributed by atoms with Gasteiger partial charge in [0.25, 0.3) is 0 Å². The van der Waals surface area contributed by atoms with Crippen LogP contribution in [-0.2, 0) is 16.1 Å². The summed E-state index contributed by atoms with van der Waals surface area (Å²) in [6.45, 7) is 5.74. The van der Waals surface area contributed by atoms with E-state index in [1.54, 1.807) is 13.8 Å². The number of aromatic nitrogens is 2. The molecular weight excluding hydrogens is 316 g/mol. The highest BCUT2D eigenvalue weighted by atomic mass is 16.6. The number of carboxylic acid groups (broad SMARTS) is 1. The molecular formula is C15H22N4O5. The molecule has 2 atom stereocenters. The lowest BCUT2D eigenvalue weighted by Gasteiger charge is -2.36. The Balaban J connectivity index is 2.06. The lowest BCUT2D eigenvalue weighted by molar-refractivity contribution is -0.386. The molecule has 1 aliphatic rings. The van der Waals surface area contributed by atoms with Gasteiger partial charge in [-0.15, -0.1) is 0 Å². The van der Waals surface area contributed by atoms with Crippen molar-refractivity contribution in [1.29, 1.82) is 0 Å². The summed E-state index contributed by atoms with van der Waals surface area (Å²) in [5.41, 5.74) is 0.658. The van der Waals surface area contributed by atoms with E-state index >= 15 is 0 Å². The van der Waals surface area contributed by atoms with Gasteiger partial charge in [-0.05, 0) is 32.6 Å². The van der Waals surface area contributed by atoms with Gasteiger partial charge in [0.15, 0.2) is 0 Å². The van der Waals surface area contributed by atoms with Crippen LogP contribution in [0.4, 0.5) is 5.69 Å². The molecule has 1 aromatic heterocycles. The summed E-state index contributed by atoms with van der Waals surface area (Å²) in [5, 5.41) is 24.4. The Bertz CT molecular complexity index is 669. The highest BCUT2D eigenvalue weighted by Gasteiger charge is 2.34. The number of aliphatic carboxylic acids is 1. The molecule has 1 aliphatic heterocycles. The van der Waals surface area contributed by atoms with Crippen LogP contribution in [-0.4, -0.2) is 49.2 Å². The van der Waals surface area contributed by atoms with Crippen LogP contribution in [0.25, 0.3) is 0 Å². The minimum absolute atomic E-state index is 0.0438. The number of hydrogen-bond acceptors (Lipinski definition) is 5. The van der Waals surface area contributed by atoms with E-state index in [2.05, 4.69) is 5.10 Å². The summed E-state index contributed by atoms with van der Waals surface area (Å²) in [5.74, 6) is -0.977. The van der Waals surface area contributed by atoms with Gasteiger partial charge in [-0.1, -0.05) is 6.92 Å². The van der Waals surface area contributed by atoms with Gasteiger partial charge < -0.3 is 10.0 Å². The van der Waals surface area contributed by atoms with E-state index in [0.717, 1.165) is 6.42 Å². The van der Waals surface area contributed by atoms with Crippen molar-refractivity contribution in [1.82, 2.24) is 14.7 Å². The molecule has 1 aromatic rings. The van der Waals surface area contributed by atoms with Crippen LogP contribution in [0.5, 0.6) is 0 Å². The fourth-order valence-electron chi connectivity index (χ4n) is 3.19. The van der Waals surface area contributed by atoms with Gasteiger partial charge in [0.05, 0.1) is 11.5 Å². The average Bonchev–Trinajstić information content (AvgIpc) is 2.78. The number of amides is 1. The molecule has 0 saturated carbocycles. The smallest absolute Gasteiger partial charge is 0.326 e. The van der Waals surface area contributed by atoms with Gasteiger partial charge >= 0.3 is 11.7 Å². The number of rotatable bonds is 5. The van der Waals surface area contributed by atoms with Crippen LogP contribution in [0.2, 0.25) is 0 Å². The Labute approximate surface area is 139 Å². The van der Waals surface area contributed by atoms with E-state index in [1.165, 1.54) is 9.58 Å². The zero-order valence-corrected chi connectivity index (χ0v) is 14.1. The fraction of sp³-hybridized carbons (Fsp3) is 0.667. The summed E-state index contributed by atoms with van der Waals surface area (Å²) in [7, 11) is 0. The number of carboxylic acids is 1. The minimum atomic E-state index is -0.989. The Hall–Kier alpha value is -2.45. The first-order valence-corrected chi connectivity index (χ1v) is 7.93. The molecule has 0 bridgehead atoms. The third kappa shape index (κ3) is 3.55. The molecule has 0 aliphatic carbocycles. The van der Waals surface area contributed by atoms with Crippen molar-refractivity contribution in [3.8, 4) is 0 Å². The lowest BCUT2D eigenvalue weighted by atomic mass is 9.92. The molecule has 9 nitrogen and oxygen atoms in total. The van der Waals surface area contributed by atoms with Crippen molar-refractivity contribution in [2.45, 2.75) is 52.6 Å². The molecule has 0 radical (unpaired) electrons. The predicted octanol–water partition coefficient (Wildman–Crippen LogP) is 1.51. The fourth-order valence-corrected chi connectivity index (χ4v) is 3.19. The van der Waals surface area contributed by atoms with E-state index in [9.17, 15) is 24.8 Å². The van der Waals surface area contributed by atoms with E-state index in [0.29, 0.717) is 24.4 Å². The van der Waals surface area contributed by atoms with Crippen molar-refractivity contribution >= 4 is 17.6 Å². The van der Waals surface area contributed by atoms with Gasteiger partial charge in [-0.25, -0.2) is 4.79 Å². The highest BCUT2D eigenvalue weighted by molar-refractivity contribution is 5.83. The summed E-state index contributed by atoms with van der Waals surface area (Å²) in [6, 6.07) is -0.795. The average molecular weight is 338 g/mol. The minimum Gasteiger partial charge on any atom is -0.480 e. The molecule has 1 saturated heterocycles. The quantitative estimate of drug-likeness (QED) is 0.642. The van der Waals surface area contributed by atoms with Crippen LogP contribution in [0.15, 0.2) is 0 Å². The largest absolute Gasteiger partial charge is 0.480 e. The topological polar surface area (TPSA) is 119 Å². The molecule has 132 valence electrons. The molecule has 0 aromatic carbocycles. The predicted molar refractivity (Wildman–Crippen MR) is 84.5 cm³/mol. The van der Waals surface area contributed by atoms with Crippen molar-refractivity contribution in [3.63, 3.8) is 0 Å². The number of aryl methyl sites for hydroxylation is 2. The highest BCUT2D eigenvalue weighted by Crippen LogP contribution is 2.25. The molecule has 1 N–H and O–H groups in total. The second-order valence-corrected chi connectivity index (χ2v) is 6.32. The number of carbonyl (C=O) groups is 2. The maximum atomic E-state index is 12.4. The maximum absolute atomic E-state index is 12.4. The Morgan fingerprint density at radius 1 is 1.42 bits per heavy atom. The second-order valence-electron chi connectivity index (χ2n) is 6.32. The van der Waals surface area contributed by atoms with Crippen LogP contribution in [0.1, 0.15) is 37.6 Å². The van der Waals surface area contributed by atoms with E-state index in [4.69, 9.17) is 0 Å². The van der Waals surface area contributed by atoms with Gasteiger partial charge in [0, 0.05) is 13.0 Å². The van der Waals surface area contributed by atoms with Crippen LogP contribution >= 0.6 is 0 Å². The monoisotopic (exact) mass is 338 g/mol. The first kappa shape index (κ1) is 17.9. The van der Waals surface area contributed by atoms with Gasteiger partial charge in [-0.2, -0.15) is 5.10 Å². The zero-order valence-electron chi connectivity index (χ0n) is 14.1. The third-order valence-electron chi connectivity index (χ3n) is 4.53. The summed E-state index contributed by atoms with van der Waals surface area (Å²) >= 11 is 0. The van der Waals surface area contributed by atoms with E-state index in [-0.39, 0.29) is 30.5 Å². The number of piperidine rings is 1. The van der Waals surface area contributed by atoms with Gasteiger partial charge in [0.2, 0.25) is 5.91 Å². The van der Waals surface area contributed by atoms with Crippen LogP contribution in [0, 0.1) is 29.9 Å². The standard InChI is InChI=1S/C15H22N4O5/c1-9-4-6-17(12(8-9)15(21)22)13(20)5-7-18-11(3)14(19(23)24)10(2)16-18/h9,12H,4-8H2,1-3H3,(H,21,22). The molecule has 1 fully saturated rings. The van der Waals surface area contributed by atoms with Gasteiger partial charge in [-0.3, -0.25) is 19.6 Å². The Morgan fingerprint density at radius 3 is 2.62 bits per heavy atom. The zero-order chi connectivity index (χ0) is 18.0. The molecule has 2 unspecified atom stereocenters. The molecule has 2 heterocycles. The number of nitro groups is 1. The lowest BCUT2D eigenvalue weighted by Crippen LogP contribution is -2.50. The summed E-state index contributed by atoms with van der Waals surface area (Å²) < 4.78 is 1.44. The summed E-state index contributed by atoms with van der Waals surface area (Å²) in [6.07, 6.45) is 1.30. The van der Waals surface area contributed by atoms with Crippen LogP contribution in [0.3, 0.4) is 0 Å². The molecule has 24 heavy (non-hydrogen) atoms. The van der Waals surface area contributed by atoms with Crippen LogP contribution < -0.4 is 0 Å². The molecule has 0 spiro atoms. The first-order valence-electron chi connectivity index (χ1n) is 7.93. The second kappa shape index (κ2) is 6.98. The molecule has 9 heteroatoms. The number of likely N-dealkylation sites (tertiary alicyclic amines) is 1. The van der Waals surface area contributed by atoms with E-state index in [1.807, 2.05) is 6.92 Å². The third-order valence-corrected chi connectivity index (χ3v) is 4.53. The van der Waals surface area contributed by atoms with E-state index < -0.39 is 16.9 Å². The SMILES string of the molecule is Cc1nn(CCC(=O)N2CCC(C)CC2C(=O)O)c(C)c1[N+](=O)[O-]. The number of carbonyl (C=O) groups excluding carboxylic acids is 1. The van der Waals surface area contributed by atoms with Gasteiger partial charge in [0.1, 0.15) is 17.4 Å². The number of hydrogen-bond donors (Lipinski definition) is 1. The van der Waals surface area contributed by atoms with Crippen molar-refractivity contribution in [2.75, 3.05) is 6.54 Å². The normalized spacial score (nSPS) is 20.9. The summed E-state index contributed by atoms with van der Waals surface area (Å²) in [4.78, 5) is 35.7. The first-order chi connectivity index (χ1) is 11.2. The van der Waals surface area contributed by atoms with Crippen molar-refractivity contribution in [2.24, 2.45) is 5.92 Å². The van der Waals surface area contributed by atoms with Crippen molar-refractivity contribution < 1.29 is 19.6 Å². The Kier molecular flexibility index (Phi) is 5.20.